The summed E-state index contributed by atoms with van der Waals surface area (Å²) in [7, 11) is 1.66. The van der Waals surface area contributed by atoms with Gasteiger partial charge in [-0.2, -0.15) is 5.10 Å². The maximum absolute atomic E-state index is 5.88. The maximum Gasteiger partial charge on any atom is 0.161 e. The third-order valence-corrected chi connectivity index (χ3v) is 4.13. The van der Waals surface area contributed by atoms with Crippen LogP contribution in [-0.2, 0) is 6.61 Å². The summed E-state index contributed by atoms with van der Waals surface area (Å²) in [5, 5.41) is 6.70. The van der Waals surface area contributed by atoms with Crippen LogP contribution in [0.2, 0.25) is 0 Å². The fraction of sp³-hybridized carbons (Fsp3) is 0.350. The molecule has 2 aromatic rings. The largest absolute Gasteiger partial charge is 0.493 e. The Hall–Kier alpha value is -2.49. The average molecular weight is 324 g/mol. The molecule has 1 aliphatic heterocycles. The second-order valence-corrected chi connectivity index (χ2v) is 5.94. The van der Waals surface area contributed by atoms with E-state index >= 15 is 0 Å². The van der Waals surface area contributed by atoms with E-state index in [1.54, 1.807) is 7.11 Å². The molecule has 0 spiro atoms. The summed E-state index contributed by atoms with van der Waals surface area (Å²) >= 11 is 0. The van der Waals surface area contributed by atoms with Gasteiger partial charge >= 0.3 is 0 Å². The third-order valence-electron chi connectivity index (χ3n) is 4.13. The van der Waals surface area contributed by atoms with Gasteiger partial charge in [-0.05, 0) is 48.6 Å². The Balaban J connectivity index is 1.65. The minimum absolute atomic E-state index is 0.526. The monoisotopic (exact) mass is 324 g/mol. The first-order chi connectivity index (χ1) is 11.8. The molecular weight excluding hydrogens is 300 g/mol. The minimum Gasteiger partial charge on any atom is -0.493 e. The predicted molar refractivity (Wildman–Crippen MR) is 96.8 cm³/mol. The van der Waals surface area contributed by atoms with Gasteiger partial charge in [-0.1, -0.05) is 30.3 Å². The van der Waals surface area contributed by atoms with Crippen molar-refractivity contribution in [2.75, 3.05) is 20.2 Å². The summed E-state index contributed by atoms with van der Waals surface area (Å²) in [5.41, 5.74) is 2.15. The lowest BCUT2D eigenvalue weighted by Crippen LogP contribution is -2.24. The van der Waals surface area contributed by atoms with Crippen molar-refractivity contribution in [2.45, 2.75) is 25.9 Å². The molecule has 1 heterocycles. The zero-order valence-electron chi connectivity index (χ0n) is 14.1. The third kappa shape index (κ3) is 4.51. The molecule has 2 aromatic carbocycles. The van der Waals surface area contributed by atoms with Crippen LogP contribution in [0.3, 0.4) is 0 Å². The van der Waals surface area contributed by atoms with Gasteiger partial charge in [-0.15, -0.1) is 0 Å². The van der Waals surface area contributed by atoms with Crippen molar-refractivity contribution in [2.24, 2.45) is 5.10 Å². The molecule has 1 saturated heterocycles. The van der Waals surface area contributed by atoms with E-state index in [9.17, 15) is 0 Å². The molecule has 0 atom stereocenters. The predicted octanol–water partition coefficient (Wildman–Crippen LogP) is 4.09. The van der Waals surface area contributed by atoms with Crippen molar-refractivity contribution in [3.63, 3.8) is 0 Å². The molecule has 1 fully saturated rings. The Kier molecular flexibility index (Phi) is 5.72. The van der Waals surface area contributed by atoms with E-state index in [4.69, 9.17) is 9.47 Å². The summed E-state index contributed by atoms with van der Waals surface area (Å²) in [6, 6.07) is 16.0. The van der Waals surface area contributed by atoms with Crippen molar-refractivity contribution in [1.82, 2.24) is 5.01 Å². The molecule has 0 radical (unpaired) electrons. The number of rotatable bonds is 6. The molecule has 0 bridgehead atoms. The second-order valence-electron chi connectivity index (χ2n) is 5.94. The summed E-state index contributed by atoms with van der Waals surface area (Å²) in [6.07, 6.45) is 5.67. The highest BCUT2D eigenvalue weighted by Crippen LogP contribution is 2.28. The van der Waals surface area contributed by atoms with Gasteiger partial charge in [0.25, 0.3) is 0 Å². The number of methoxy groups -OCH3 is 1. The van der Waals surface area contributed by atoms with Crippen LogP contribution in [0.15, 0.2) is 53.6 Å². The van der Waals surface area contributed by atoms with Gasteiger partial charge in [0.15, 0.2) is 11.5 Å². The number of nitrogens with zero attached hydrogens (tertiary/aromatic N) is 2. The summed E-state index contributed by atoms with van der Waals surface area (Å²) in [4.78, 5) is 0. The van der Waals surface area contributed by atoms with Gasteiger partial charge in [0, 0.05) is 13.1 Å². The zero-order chi connectivity index (χ0) is 16.6. The molecule has 1 aliphatic rings. The first kappa shape index (κ1) is 16.4. The number of ether oxygens (including phenoxy) is 2. The van der Waals surface area contributed by atoms with Crippen molar-refractivity contribution >= 4 is 6.21 Å². The first-order valence-corrected chi connectivity index (χ1v) is 8.49. The van der Waals surface area contributed by atoms with Gasteiger partial charge in [0.1, 0.15) is 6.61 Å². The van der Waals surface area contributed by atoms with E-state index in [0.29, 0.717) is 6.61 Å². The Morgan fingerprint density at radius 3 is 2.54 bits per heavy atom. The summed E-state index contributed by atoms with van der Waals surface area (Å²) in [6.45, 7) is 2.62. The maximum atomic E-state index is 5.88. The van der Waals surface area contributed by atoms with E-state index in [0.717, 1.165) is 35.7 Å². The molecule has 4 nitrogen and oxygen atoms in total. The van der Waals surface area contributed by atoms with Crippen LogP contribution in [-0.4, -0.2) is 31.4 Å². The van der Waals surface area contributed by atoms with E-state index in [1.807, 2.05) is 54.7 Å². The highest BCUT2D eigenvalue weighted by molar-refractivity contribution is 5.80. The van der Waals surface area contributed by atoms with Crippen LogP contribution in [0.1, 0.15) is 30.4 Å². The fourth-order valence-electron chi connectivity index (χ4n) is 2.76. The number of hydrogen-bond donors (Lipinski definition) is 0. The highest BCUT2D eigenvalue weighted by Gasteiger charge is 2.08. The fourth-order valence-corrected chi connectivity index (χ4v) is 2.76. The Labute approximate surface area is 143 Å². The van der Waals surface area contributed by atoms with E-state index < -0.39 is 0 Å². The number of hydrogen-bond acceptors (Lipinski definition) is 4. The lowest BCUT2D eigenvalue weighted by molar-refractivity contribution is 0.240. The lowest BCUT2D eigenvalue weighted by Gasteiger charge is -2.23. The normalized spacial score (nSPS) is 14.8. The topological polar surface area (TPSA) is 34.1 Å². The quantitative estimate of drug-likeness (QED) is 0.750. The average Bonchev–Trinajstić information content (AvgIpc) is 2.66. The molecule has 3 rings (SSSR count). The highest BCUT2D eigenvalue weighted by atomic mass is 16.5. The Bertz CT molecular complexity index is 665. The van der Waals surface area contributed by atoms with E-state index in [2.05, 4.69) is 10.1 Å². The summed E-state index contributed by atoms with van der Waals surface area (Å²) < 4.78 is 11.3. The van der Waals surface area contributed by atoms with Gasteiger partial charge < -0.3 is 9.47 Å². The number of hydrazone groups is 1. The van der Waals surface area contributed by atoms with Crippen molar-refractivity contribution in [3.05, 3.63) is 59.7 Å². The molecule has 0 saturated carbocycles. The molecule has 4 heteroatoms. The molecule has 0 aliphatic carbocycles. The van der Waals surface area contributed by atoms with Crippen LogP contribution in [0.5, 0.6) is 11.5 Å². The molecule has 24 heavy (non-hydrogen) atoms. The lowest BCUT2D eigenvalue weighted by atomic mass is 10.2. The molecule has 0 aromatic heterocycles. The zero-order valence-corrected chi connectivity index (χ0v) is 14.1. The SMILES string of the molecule is COc1cc(/C=N/N2CCCCC2)ccc1OCc1ccccc1. The Morgan fingerprint density at radius 1 is 1.00 bits per heavy atom. The molecular formula is C20H24N2O2. The van der Waals surface area contributed by atoms with Crippen LogP contribution in [0.4, 0.5) is 0 Å². The minimum atomic E-state index is 0.526. The molecule has 0 N–H and O–H groups in total. The van der Waals surface area contributed by atoms with Gasteiger partial charge in [-0.25, -0.2) is 0 Å². The van der Waals surface area contributed by atoms with Crippen molar-refractivity contribution < 1.29 is 9.47 Å². The summed E-state index contributed by atoms with van der Waals surface area (Å²) in [5.74, 6) is 1.48. The van der Waals surface area contributed by atoms with Gasteiger partial charge in [0.2, 0.25) is 0 Å². The standard InChI is InChI=1S/C20H24N2O2/c1-23-20-14-18(15-21-22-12-6-3-7-13-22)10-11-19(20)24-16-17-8-4-2-5-9-17/h2,4-5,8-11,14-15H,3,6-7,12-13,16H2,1H3/b21-15+. The van der Waals surface area contributed by atoms with Crippen LogP contribution in [0, 0.1) is 0 Å². The molecule has 0 unspecified atom stereocenters. The van der Waals surface area contributed by atoms with Crippen LogP contribution >= 0.6 is 0 Å². The smallest absolute Gasteiger partial charge is 0.161 e. The number of piperidine rings is 1. The van der Waals surface area contributed by atoms with E-state index in [-0.39, 0.29) is 0 Å². The van der Waals surface area contributed by atoms with E-state index in [1.165, 1.54) is 19.3 Å². The first-order valence-electron chi connectivity index (χ1n) is 8.49. The van der Waals surface area contributed by atoms with Crippen molar-refractivity contribution in [1.29, 1.82) is 0 Å². The van der Waals surface area contributed by atoms with Gasteiger partial charge in [-0.3, -0.25) is 5.01 Å². The van der Waals surface area contributed by atoms with Gasteiger partial charge in [0.05, 0.1) is 13.3 Å². The molecule has 0 amide bonds. The number of benzene rings is 2. The second kappa shape index (κ2) is 8.39. The molecule has 126 valence electrons. The van der Waals surface area contributed by atoms with Crippen molar-refractivity contribution in [3.8, 4) is 11.5 Å². The Morgan fingerprint density at radius 2 is 1.79 bits per heavy atom. The van der Waals surface area contributed by atoms with Crippen LogP contribution < -0.4 is 9.47 Å². The van der Waals surface area contributed by atoms with Crippen LogP contribution in [0.25, 0.3) is 0 Å².